The van der Waals surface area contributed by atoms with Crippen LogP contribution in [0.25, 0.3) is 10.5 Å². The molecule has 86 valence electrons. The molecule has 0 aliphatic heterocycles. The molecule has 3 nitrogen and oxygen atoms in total. The van der Waals surface area contributed by atoms with Gasteiger partial charge in [-0.3, -0.25) is 4.55 Å². The fraction of sp³-hybridized carbons (Fsp3) is 0.333. The van der Waals surface area contributed by atoms with Crippen molar-refractivity contribution in [1.29, 1.82) is 0 Å². The van der Waals surface area contributed by atoms with Crippen molar-refractivity contribution in [2.24, 2.45) is 0 Å². The fourth-order valence-electron chi connectivity index (χ4n) is 2.20. The molecule has 4 heteroatoms. The summed E-state index contributed by atoms with van der Waals surface area (Å²) in [6, 6.07) is 7.36. The van der Waals surface area contributed by atoms with Crippen molar-refractivity contribution in [2.45, 2.75) is 26.2 Å². The highest BCUT2D eigenvalue weighted by Crippen LogP contribution is 2.20. The summed E-state index contributed by atoms with van der Waals surface area (Å²) in [7, 11) is -4.07. The second-order valence-electron chi connectivity index (χ2n) is 3.90. The summed E-state index contributed by atoms with van der Waals surface area (Å²) in [6.07, 6.45) is 2.03. The van der Waals surface area contributed by atoms with Crippen LogP contribution in [0, 0.1) is 0 Å². The summed E-state index contributed by atoms with van der Waals surface area (Å²) in [5, 5.41) is 1.62. The fourth-order valence-corrected chi connectivity index (χ4v) is 3.02. The van der Waals surface area contributed by atoms with Crippen molar-refractivity contribution < 1.29 is 13.0 Å². The lowest BCUT2D eigenvalue weighted by Gasteiger charge is -2.13. The molecule has 0 radical (unpaired) electrons. The largest absolute Gasteiger partial charge is 0.291 e. The third-order valence-electron chi connectivity index (χ3n) is 3.00. The molecule has 0 amide bonds. The van der Waals surface area contributed by atoms with E-state index in [0.29, 0.717) is 18.1 Å². The lowest BCUT2D eigenvalue weighted by atomic mass is 9.98. The topological polar surface area (TPSA) is 54.4 Å². The van der Waals surface area contributed by atoms with Crippen LogP contribution in [0.3, 0.4) is 0 Å². The standard InChI is InChI=1S/C12H14O3S/c1-2-9-7-8-12(16(13,14)15)11-6-4-3-5-10(9)11/h3-6H,2,7-8H2,1H3,(H,13,14,15). The molecule has 1 aliphatic carbocycles. The van der Waals surface area contributed by atoms with Gasteiger partial charge in [-0.25, -0.2) is 0 Å². The number of fused-ring (bicyclic) bond motifs is 1. The van der Waals surface area contributed by atoms with Crippen LogP contribution in [0.5, 0.6) is 0 Å². The van der Waals surface area contributed by atoms with E-state index < -0.39 is 10.1 Å². The molecule has 0 spiro atoms. The molecule has 0 saturated heterocycles. The number of benzene rings is 1. The molecule has 0 aromatic heterocycles. The van der Waals surface area contributed by atoms with Crippen molar-refractivity contribution in [1.82, 2.24) is 0 Å². The van der Waals surface area contributed by atoms with Crippen LogP contribution < -0.4 is 10.4 Å². The minimum atomic E-state index is -4.07. The Morgan fingerprint density at radius 1 is 1.19 bits per heavy atom. The van der Waals surface area contributed by atoms with Gasteiger partial charge in [-0.05, 0) is 29.7 Å². The van der Waals surface area contributed by atoms with E-state index in [2.05, 4.69) is 6.92 Å². The van der Waals surface area contributed by atoms with Crippen LogP contribution >= 0.6 is 0 Å². The van der Waals surface area contributed by atoms with Gasteiger partial charge in [-0.15, -0.1) is 0 Å². The average molecular weight is 238 g/mol. The predicted molar refractivity (Wildman–Crippen MR) is 63.6 cm³/mol. The van der Waals surface area contributed by atoms with Gasteiger partial charge in [0.2, 0.25) is 0 Å². The Bertz CT molecular complexity index is 626. The Labute approximate surface area is 94.9 Å². The van der Waals surface area contributed by atoms with Crippen molar-refractivity contribution in [2.75, 3.05) is 0 Å². The van der Waals surface area contributed by atoms with Crippen LogP contribution in [0.4, 0.5) is 0 Å². The normalized spacial score (nSPS) is 16.1. The first-order valence-corrected chi connectivity index (χ1v) is 6.76. The molecule has 1 N–H and O–H groups in total. The molecule has 0 atom stereocenters. The van der Waals surface area contributed by atoms with E-state index in [1.54, 1.807) is 12.1 Å². The zero-order valence-corrected chi connectivity index (χ0v) is 9.92. The van der Waals surface area contributed by atoms with E-state index in [1.807, 2.05) is 12.1 Å². The second kappa shape index (κ2) is 4.03. The summed E-state index contributed by atoms with van der Waals surface area (Å²) >= 11 is 0. The first kappa shape index (κ1) is 11.4. The Morgan fingerprint density at radius 3 is 2.38 bits per heavy atom. The first-order valence-electron chi connectivity index (χ1n) is 5.32. The van der Waals surface area contributed by atoms with Crippen LogP contribution in [0.1, 0.15) is 26.2 Å². The van der Waals surface area contributed by atoms with Gasteiger partial charge in [0, 0.05) is 0 Å². The van der Waals surface area contributed by atoms with Crippen LogP contribution in [-0.2, 0) is 10.1 Å². The summed E-state index contributed by atoms with van der Waals surface area (Å²) in [4.78, 5) is 0.153. The molecule has 0 fully saturated rings. The smallest absolute Gasteiger partial charge is 0.282 e. The lowest BCUT2D eigenvalue weighted by Crippen LogP contribution is -2.34. The SMILES string of the molecule is CCC1=c2ccccc2=C(S(=O)(=O)O)CC1. The van der Waals surface area contributed by atoms with Crippen molar-refractivity contribution in [3.63, 3.8) is 0 Å². The average Bonchev–Trinajstić information content (AvgIpc) is 2.26. The van der Waals surface area contributed by atoms with E-state index in [9.17, 15) is 13.0 Å². The molecule has 0 saturated carbocycles. The molecule has 0 bridgehead atoms. The quantitative estimate of drug-likeness (QED) is 0.783. The maximum atomic E-state index is 11.3. The summed E-state index contributed by atoms with van der Waals surface area (Å²) in [6.45, 7) is 2.06. The van der Waals surface area contributed by atoms with E-state index >= 15 is 0 Å². The Balaban J connectivity index is 2.94. The Morgan fingerprint density at radius 2 is 1.81 bits per heavy atom. The van der Waals surface area contributed by atoms with Gasteiger partial charge < -0.3 is 0 Å². The van der Waals surface area contributed by atoms with Crippen molar-refractivity contribution in [3.8, 4) is 0 Å². The van der Waals surface area contributed by atoms with Gasteiger partial charge >= 0.3 is 0 Å². The molecule has 2 rings (SSSR count). The third kappa shape index (κ3) is 1.90. The summed E-state index contributed by atoms with van der Waals surface area (Å²) < 4.78 is 31.7. The van der Waals surface area contributed by atoms with Crippen LogP contribution in [0.2, 0.25) is 0 Å². The molecule has 16 heavy (non-hydrogen) atoms. The highest BCUT2D eigenvalue weighted by molar-refractivity contribution is 7.95. The van der Waals surface area contributed by atoms with Crippen LogP contribution in [-0.4, -0.2) is 13.0 Å². The lowest BCUT2D eigenvalue weighted by molar-refractivity contribution is 0.494. The summed E-state index contributed by atoms with van der Waals surface area (Å²) in [5.74, 6) is 0. The Kier molecular flexibility index (Phi) is 2.86. The van der Waals surface area contributed by atoms with E-state index in [1.165, 1.54) is 5.57 Å². The number of hydrogen-bond acceptors (Lipinski definition) is 2. The van der Waals surface area contributed by atoms with Gasteiger partial charge in [-0.2, -0.15) is 8.42 Å². The van der Waals surface area contributed by atoms with Gasteiger partial charge in [0.15, 0.2) is 0 Å². The molecule has 1 aliphatic rings. The maximum Gasteiger partial charge on any atom is 0.291 e. The first-order chi connectivity index (χ1) is 7.54. The van der Waals surface area contributed by atoms with Crippen LogP contribution in [0.15, 0.2) is 24.3 Å². The van der Waals surface area contributed by atoms with E-state index in [0.717, 1.165) is 11.6 Å². The highest BCUT2D eigenvalue weighted by Gasteiger charge is 2.19. The minimum Gasteiger partial charge on any atom is -0.282 e. The minimum absolute atomic E-state index is 0.153. The van der Waals surface area contributed by atoms with Gasteiger partial charge in [-0.1, -0.05) is 36.8 Å². The van der Waals surface area contributed by atoms with Gasteiger partial charge in [0.1, 0.15) is 0 Å². The Hall–Kier alpha value is -1.13. The summed E-state index contributed by atoms with van der Waals surface area (Å²) in [5.41, 5.74) is 1.25. The van der Waals surface area contributed by atoms with E-state index in [-0.39, 0.29) is 4.91 Å². The molecular formula is C12H14O3S. The molecular weight excluding hydrogens is 224 g/mol. The zero-order valence-electron chi connectivity index (χ0n) is 9.10. The van der Waals surface area contributed by atoms with E-state index in [4.69, 9.17) is 0 Å². The molecule has 0 unspecified atom stereocenters. The number of hydrogen-bond donors (Lipinski definition) is 1. The predicted octanol–water partition coefficient (Wildman–Crippen LogP) is 1.04. The molecule has 1 aromatic rings. The molecule has 0 heterocycles. The highest BCUT2D eigenvalue weighted by atomic mass is 32.2. The van der Waals surface area contributed by atoms with Gasteiger partial charge in [0.05, 0.1) is 4.91 Å². The van der Waals surface area contributed by atoms with Crippen molar-refractivity contribution >= 4 is 20.6 Å². The van der Waals surface area contributed by atoms with Crippen molar-refractivity contribution in [3.05, 3.63) is 34.7 Å². The maximum absolute atomic E-state index is 11.3. The monoisotopic (exact) mass is 238 g/mol. The number of rotatable bonds is 2. The molecule has 1 aromatic carbocycles. The van der Waals surface area contributed by atoms with Gasteiger partial charge in [0.25, 0.3) is 10.1 Å². The third-order valence-corrected chi connectivity index (χ3v) is 4.05. The second-order valence-corrected chi connectivity index (χ2v) is 5.34. The zero-order chi connectivity index (χ0) is 11.8.